The molecule has 0 aliphatic carbocycles. The lowest BCUT2D eigenvalue weighted by atomic mass is 10.0. The summed E-state index contributed by atoms with van der Waals surface area (Å²) in [5.41, 5.74) is -0.408. The molecule has 19 heavy (non-hydrogen) atoms. The molecular weight excluding hydrogens is 251 g/mol. The van der Waals surface area contributed by atoms with Crippen LogP contribution in [0, 0.1) is 5.82 Å². The highest BCUT2D eigenvalue weighted by molar-refractivity contribution is 5.95. The Morgan fingerprint density at radius 3 is 2.53 bits per heavy atom. The first-order chi connectivity index (χ1) is 9.04. The standard InChI is InChI=1S/C13H11FN2O3/c1-2-16-12(17)11(13(18)19)10(7-15-16)8-3-5-9(14)6-4-8/h3-7H,2H2,1H3,(H,18,19). The second-order valence-corrected chi connectivity index (χ2v) is 3.87. The summed E-state index contributed by atoms with van der Waals surface area (Å²) in [7, 11) is 0. The zero-order chi connectivity index (χ0) is 14.0. The zero-order valence-corrected chi connectivity index (χ0v) is 10.1. The van der Waals surface area contributed by atoms with Crippen molar-refractivity contribution >= 4 is 5.97 Å². The van der Waals surface area contributed by atoms with Crippen molar-refractivity contribution in [2.45, 2.75) is 13.5 Å². The largest absolute Gasteiger partial charge is 0.477 e. The van der Waals surface area contributed by atoms with Gasteiger partial charge in [-0.15, -0.1) is 0 Å². The number of halogens is 1. The summed E-state index contributed by atoms with van der Waals surface area (Å²) in [6, 6.07) is 5.22. The summed E-state index contributed by atoms with van der Waals surface area (Å²) in [5.74, 6) is -1.76. The van der Waals surface area contributed by atoms with Gasteiger partial charge in [0.25, 0.3) is 5.56 Å². The lowest BCUT2D eigenvalue weighted by molar-refractivity contribution is 0.0694. The number of hydrogen-bond donors (Lipinski definition) is 1. The third kappa shape index (κ3) is 2.37. The summed E-state index contributed by atoms with van der Waals surface area (Å²) in [6.45, 7) is 1.97. The Balaban J connectivity index is 2.70. The summed E-state index contributed by atoms with van der Waals surface area (Å²) >= 11 is 0. The lowest BCUT2D eigenvalue weighted by Crippen LogP contribution is -2.28. The van der Waals surface area contributed by atoms with Crippen molar-refractivity contribution in [2.24, 2.45) is 0 Å². The Bertz CT molecular complexity index is 677. The van der Waals surface area contributed by atoms with Crippen LogP contribution in [-0.4, -0.2) is 20.9 Å². The maximum absolute atomic E-state index is 12.9. The number of aromatic nitrogens is 2. The number of carbonyl (C=O) groups is 1. The third-order valence-corrected chi connectivity index (χ3v) is 2.71. The normalized spacial score (nSPS) is 10.4. The highest BCUT2D eigenvalue weighted by Gasteiger charge is 2.18. The topological polar surface area (TPSA) is 72.2 Å². The molecular formula is C13H11FN2O3. The van der Waals surface area contributed by atoms with Gasteiger partial charge in [0, 0.05) is 12.1 Å². The second kappa shape index (κ2) is 5.01. The van der Waals surface area contributed by atoms with Crippen LogP contribution in [0.4, 0.5) is 4.39 Å². The molecule has 0 saturated heterocycles. The van der Waals surface area contributed by atoms with Crippen LogP contribution in [0.5, 0.6) is 0 Å². The van der Waals surface area contributed by atoms with Crippen LogP contribution in [0.3, 0.4) is 0 Å². The lowest BCUT2D eigenvalue weighted by Gasteiger charge is -2.08. The van der Waals surface area contributed by atoms with E-state index >= 15 is 0 Å². The zero-order valence-electron chi connectivity index (χ0n) is 10.1. The molecule has 6 heteroatoms. The molecule has 0 atom stereocenters. The van der Waals surface area contributed by atoms with Gasteiger partial charge in [0.05, 0.1) is 6.20 Å². The van der Waals surface area contributed by atoms with Crippen molar-refractivity contribution in [3.8, 4) is 11.1 Å². The molecule has 5 nitrogen and oxygen atoms in total. The molecule has 1 aromatic heterocycles. The minimum Gasteiger partial charge on any atom is -0.477 e. The molecule has 0 saturated carbocycles. The molecule has 0 spiro atoms. The monoisotopic (exact) mass is 262 g/mol. The molecule has 0 aliphatic heterocycles. The number of aromatic carboxylic acids is 1. The first kappa shape index (κ1) is 12.9. The Morgan fingerprint density at radius 1 is 1.37 bits per heavy atom. The van der Waals surface area contributed by atoms with E-state index in [0.717, 1.165) is 4.68 Å². The summed E-state index contributed by atoms with van der Waals surface area (Å²) in [5, 5.41) is 13.1. The number of benzene rings is 1. The first-order valence-corrected chi connectivity index (χ1v) is 5.64. The van der Waals surface area contributed by atoms with Crippen LogP contribution in [-0.2, 0) is 6.54 Å². The highest BCUT2D eigenvalue weighted by atomic mass is 19.1. The van der Waals surface area contributed by atoms with Crippen LogP contribution < -0.4 is 5.56 Å². The predicted molar refractivity (Wildman–Crippen MR) is 66.5 cm³/mol. The molecule has 0 unspecified atom stereocenters. The molecule has 0 radical (unpaired) electrons. The molecule has 1 N–H and O–H groups in total. The summed E-state index contributed by atoms with van der Waals surface area (Å²) in [6.07, 6.45) is 1.31. The smallest absolute Gasteiger partial charge is 0.342 e. The van der Waals surface area contributed by atoms with Crippen molar-refractivity contribution in [3.63, 3.8) is 0 Å². The van der Waals surface area contributed by atoms with Crippen molar-refractivity contribution in [1.29, 1.82) is 0 Å². The van der Waals surface area contributed by atoms with E-state index in [1.165, 1.54) is 30.5 Å². The van der Waals surface area contributed by atoms with Gasteiger partial charge in [-0.25, -0.2) is 13.9 Å². The molecule has 0 aliphatic rings. The van der Waals surface area contributed by atoms with Crippen molar-refractivity contribution in [3.05, 3.63) is 52.2 Å². The third-order valence-electron chi connectivity index (χ3n) is 2.71. The Hall–Kier alpha value is -2.50. The number of nitrogens with zero attached hydrogens (tertiary/aromatic N) is 2. The van der Waals surface area contributed by atoms with Crippen molar-refractivity contribution in [1.82, 2.24) is 9.78 Å². The molecule has 2 rings (SSSR count). The highest BCUT2D eigenvalue weighted by Crippen LogP contribution is 2.21. The van der Waals surface area contributed by atoms with Gasteiger partial charge in [0.1, 0.15) is 11.4 Å². The van der Waals surface area contributed by atoms with Crippen molar-refractivity contribution in [2.75, 3.05) is 0 Å². The van der Waals surface area contributed by atoms with E-state index in [1.54, 1.807) is 6.92 Å². The maximum atomic E-state index is 12.9. The predicted octanol–water partition coefficient (Wildman–Crippen LogP) is 1.77. The van der Waals surface area contributed by atoms with Gasteiger partial charge < -0.3 is 5.11 Å². The van der Waals surface area contributed by atoms with E-state index in [2.05, 4.69) is 5.10 Å². The van der Waals surface area contributed by atoms with Crippen LogP contribution in [0.25, 0.3) is 11.1 Å². The molecule has 1 heterocycles. The van der Waals surface area contributed by atoms with Crippen LogP contribution >= 0.6 is 0 Å². The van der Waals surface area contributed by atoms with E-state index in [-0.39, 0.29) is 17.7 Å². The Labute approximate surface area is 107 Å². The quantitative estimate of drug-likeness (QED) is 0.914. The van der Waals surface area contributed by atoms with E-state index in [1.807, 2.05) is 0 Å². The second-order valence-electron chi connectivity index (χ2n) is 3.87. The van der Waals surface area contributed by atoms with Crippen LogP contribution in [0.1, 0.15) is 17.3 Å². The van der Waals surface area contributed by atoms with Gasteiger partial charge in [-0.3, -0.25) is 4.79 Å². The fraction of sp³-hybridized carbons (Fsp3) is 0.154. The van der Waals surface area contributed by atoms with Gasteiger partial charge in [-0.1, -0.05) is 12.1 Å². The average molecular weight is 262 g/mol. The van der Waals surface area contributed by atoms with Gasteiger partial charge >= 0.3 is 5.97 Å². The number of aryl methyl sites for hydroxylation is 1. The van der Waals surface area contributed by atoms with E-state index in [4.69, 9.17) is 5.11 Å². The summed E-state index contributed by atoms with van der Waals surface area (Å²) in [4.78, 5) is 23.2. The molecule has 0 fully saturated rings. The van der Waals surface area contributed by atoms with Gasteiger partial charge in [-0.05, 0) is 24.6 Å². The number of hydrogen-bond acceptors (Lipinski definition) is 3. The average Bonchev–Trinajstić information content (AvgIpc) is 2.38. The van der Waals surface area contributed by atoms with E-state index in [0.29, 0.717) is 5.56 Å². The summed E-state index contributed by atoms with van der Waals surface area (Å²) < 4.78 is 13.9. The maximum Gasteiger partial charge on any atom is 0.342 e. The number of carboxylic acid groups (broad SMARTS) is 1. The molecule has 0 amide bonds. The van der Waals surface area contributed by atoms with Crippen LogP contribution in [0.15, 0.2) is 35.3 Å². The van der Waals surface area contributed by atoms with Crippen LogP contribution in [0.2, 0.25) is 0 Å². The SMILES string of the molecule is CCn1ncc(-c2ccc(F)cc2)c(C(=O)O)c1=O. The van der Waals surface area contributed by atoms with E-state index < -0.39 is 17.3 Å². The van der Waals surface area contributed by atoms with Gasteiger partial charge in [0.15, 0.2) is 0 Å². The van der Waals surface area contributed by atoms with E-state index in [9.17, 15) is 14.0 Å². The number of carboxylic acids is 1. The minimum atomic E-state index is -1.33. The van der Waals surface area contributed by atoms with Gasteiger partial charge in [0.2, 0.25) is 0 Å². The Morgan fingerprint density at radius 2 is 2.00 bits per heavy atom. The minimum absolute atomic E-state index is 0.183. The Kier molecular flexibility index (Phi) is 3.41. The molecule has 2 aromatic rings. The molecule has 1 aromatic carbocycles. The molecule has 98 valence electrons. The fourth-order valence-electron chi connectivity index (χ4n) is 1.77. The van der Waals surface area contributed by atoms with Crippen molar-refractivity contribution < 1.29 is 14.3 Å². The first-order valence-electron chi connectivity index (χ1n) is 5.64. The fourth-order valence-corrected chi connectivity index (χ4v) is 1.77. The number of rotatable bonds is 3. The van der Waals surface area contributed by atoms with Gasteiger partial charge in [-0.2, -0.15) is 5.10 Å². The molecule has 0 bridgehead atoms.